The van der Waals surface area contributed by atoms with Crippen LogP contribution in [0, 0.1) is 0 Å². The molecule has 1 saturated heterocycles. The Bertz CT molecular complexity index is 554. The summed E-state index contributed by atoms with van der Waals surface area (Å²) in [5, 5.41) is 9.66. The normalized spacial score (nSPS) is 17.4. The summed E-state index contributed by atoms with van der Waals surface area (Å²) in [6, 6.07) is 8.16. The van der Waals surface area contributed by atoms with E-state index in [2.05, 4.69) is 31.9 Å². The maximum absolute atomic E-state index is 11.3. The summed E-state index contributed by atoms with van der Waals surface area (Å²) < 4.78 is 0. The van der Waals surface area contributed by atoms with E-state index in [0.29, 0.717) is 5.96 Å². The summed E-state index contributed by atoms with van der Waals surface area (Å²) in [7, 11) is 3.31. The van der Waals surface area contributed by atoms with Crippen LogP contribution in [0.2, 0.25) is 5.02 Å². The zero-order valence-electron chi connectivity index (χ0n) is 13.3. The van der Waals surface area contributed by atoms with Gasteiger partial charge in [-0.3, -0.25) is 9.79 Å². The van der Waals surface area contributed by atoms with Gasteiger partial charge in [0.1, 0.15) is 0 Å². The van der Waals surface area contributed by atoms with E-state index in [1.807, 2.05) is 18.2 Å². The Morgan fingerprint density at radius 2 is 2.26 bits per heavy atom. The van der Waals surface area contributed by atoms with E-state index in [4.69, 9.17) is 11.6 Å². The minimum absolute atomic E-state index is 0. The lowest BCUT2D eigenvalue weighted by molar-refractivity contribution is -0.119. The van der Waals surface area contributed by atoms with Gasteiger partial charge in [-0.2, -0.15) is 0 Å². The predicted octanol–water partition coefficient (Wildman–Crippen LogP) is 1.45. The van der Waals surface area contributed by atoms with Gasteiger partial charge in [0.2, 0.25) is 5.91 Å². The minimum atomic E-state index is -0.0741. The van der Waals surface area contributed by atoms with Gasteiger partial charge in [0.15, 0.2) is 5.96 Å². The summed E-state index contributed by atoms with van der Waals surface area (Å²) in [4.78, 5) is 17.7. The number of hydrogen-bond acceptors (Lipinski definition) is 3. The monoisotopic (exact) mass is 451 g/mol. The lowest BCUT2D eigenvalue weighted by Crippen LogP contribution is -2.47. The van der Waals surface area contributed by atoms with E-state index >= 15 is 0 Å². The number of carbonyl (C=O) groups is 1. The van der Waals surface area contributed by atoms with Gasteiger partial charge in [0.25, 0.3) is 0 Å². The molecule has 1 aliphatic heterocycles. The smallest absolute Gasteiger partial charge is 0.239 e. The molecule has 23 heavy (non-hydrogen) atoms. The van der Waals surface area contributed by atoms with Gasteiger partial charge in [0, 0.05) is 43.9 Å². The molecule has 1 fully saturated rings. The molecule has 1 aliphatic rings. The Kier molecular flexibility index (Phi) is 8.46. The van der Waals surface area contributed by atoms with Crippen LogP contribution in [0.15, 0.2) is 29.3 Å². The number of carbonyl (C=O) groups excluding carboxylic acids is 1. The van der Waals surface area contributed by atoms with Crippen LogP contribution in [0.4, 0.5) is 5.69 Å². The van der Waals surface area contributed by atoms with Crippen LogP contribution < -0.4 is 20.9 Å². The molecule has 1 unspecified atom stereocenters. The van der Waals surface area contributed by atoms with Crippen molar-refractivity contribution in [3.05, 3.63) is 29.3 Å². The van der Waals surface area contributed by atoms with Gasteiger partial charge >= 0.3 is 0 Å². The first-order valence-corrected chi connectivity index (χ1v) is 7.68. The maximum Gasteiger partial charge on any atom is 0.239 e. The van der Waals surface area contributed by atoms with Crippen LogP contribution in [0.1, 0.15) is 6.42 Å². The van der Waals surface area contributed by atoms with Gasteiger partial charge in [-0.05, 0) is 24.6 Å². The number of nitrogens with zero attached hydrogens (tertiary/aromatic N) is 2. The first kappa shape index (κ1) is 19.8. The summed E-state index contributed by atoms with van der Waals surface area (Å²) in [6.07, 6.45) is 1.01. The second-order valence-electron chi connectivity index (χ2n) is 5.15. The highest BCUT2D eigenvalue weighted by molar-refractivity contribution is 14.0. The van der Waals surface area contributed by atoms with Gasteiger partial charge in [-0.15, -0.1) is 24.0 Å². The molecule has 0 spiro atoms. The first-order chi connectivity index (χ1) is 10.6. The molecule has 0 aromatic heterocycles. The molecule has 0 radical (unpaired) electrons. The highest BCUT2D eigenvalue weighted by Crippen LogP contribution is 2.23. The third-order valence-electron chi connectivity index (χ3n) is 3.62. The topological polar surface area (TPSA) is 68.8 Å². The van der Waals surface area contributed by atoms with Crippen molar-refractivity contribution in [3.8, 4) is 0 Å². The molecule has 0 bridgehead atoms. The molecule has 2 rings (SSSR count). The highest BCUT2D eigenvalue weighted by atomic mass is 127. The van der Waals surface area contributed by atoms with Crippen molar-refractivity contribution >= 4 is 53.1 Å². The van der Waals surface area contributed by atoms with Crippen molar-refractivity contribution < 1.29 is 4.79 Å². The molecule has 128 valence electrons. The van der Waals surface area contributed by atoms with Crippen LogP contribution in [0.3, 0.4) is 0 Å². The fourth-order valence-electron chi connectivity index (χ4n) is 2.43. The molecule has 6 nitrogen and oxygen atoms in total. The number of guanidine groups is 1. The molecule has 0 saturated carbocycles. The molecule has 1 heterocycles. The molecule has 1 aromatic rings. The fourth-order valence-corrected chi connectivity index (χ4v) is 2.61. The van der Waals surface area contributed by atoms with Crippen LogP contribution in [-0.4, -0.2) is 51.6 Å². The second kappa shape index (κ2) is 9.82. The molecule has 8 heteroatoms. The molecule has 0 aliphatic carbocycles. The van der Waals surface area contributed by atoms with Crippen LogP contribution in [-0.2, 0) is 4.79 Å². The average molecular weight is 452 g/mol. The Morgan fingerprint density at radius 1 is 1.48 bits per heavy atom. The van der Waals surface area contributed by atoms with Gasteiger partial charge in [0.05, 0.1) is 6.54 Å². The number of halogens is 2. The summed E-state index contributed by atoms with van der Waals surface area (Å²) in [5.41, 5.74) is 1.13. The number of nitrogens with one attached hydrogen (secondary N) is 3. The number of amides is 1. The third-order valence-corrected chi connectivity index (χ3v) is 3.86. The van der Waals surface area contributed by atoms with Crippen LogP contribution >= 0.6 is 35.6 Å². The molecule has 1 aromatic carbocycles. The van der Waals surface area contributed by atoms with Crippen molar-refractivity contribution in [2.75, 3.05) is 38.6 Å². The van der Waals surface area contributed by atoms with Crippen molar-refractivity contribution in [1.29, 1.82) is 0 Å². The Hall–Kier alpha value is -1.22. The second-order valence-corrected chi connectivity index (χ2v) is 5.59. The SMILES string of the molecule is CN=C(NCC(=O)NC)NC1CCN(c2cccc(Cl)c2)C1.I. The number of rotatable bonds is 4. The fraction of sp³-hybridized carbons (Fsp3) is 0.467. The zero-order valence-corrected chi connectivity index (χ0v) is 16.4. The molecule has 1 atom stereocenters. The standard InChI is InChI=1S/C15H22ClN5O.HI/c1-17-14(22)9-19-15(18-2)20-12-6-7-21(10-12)13-5-3-4-11(16)8-13;/h3-5,8,12H,6-7,9-10H2,1-2H3,(H,17,22)(H2,18,19,20);1H. The first-order valence-electron chi connectivity index (χ1n) is 7.30. The van der Waals surface area contributed by atoms with E-state index in [0.717, 1.165) is 30.2 Å². The minimum Gasteiger partial charge on any atom is -0.369 e. The maximum atomic E-state index is 11.3. The number of hydrogen-bond donors (Lipinski definition) is 3. The molecular formula is C15H23ClIN5O. The Labute approximate surface area is 159 Å². The third kappa shape index (κ3) is 6.06. The Balaban J connectivity index is 0.00000264. The summed E-state index contributed by atoms with van der Waals surface area (Å²) >= 11 is 6.04. The largest absolute Gasteiger partial charge is 0.369 e. The van der Waals surface area contributed by atoms with E-state index in [9.17, 15) is 4.79 Å². The van der Waals surface area contributed by atoms with E-state index in [1.165, 1.54) is 0 Å². The predicted molar refractivity (Wildman–Crippen MR) is 106 cm³/mol. The van der Waals surface area contributed by atoms with Crippen molar-refractivity contribution in [1.82, 2.24) is 16.0 Å². The number of likely N-dealkylation sites (N-methyl/N-ethyl adjacent to an activating group) is 1. The lowest BCUT2D eigenvalue weighted by atomic mass is 10.3. The summed E-state index contributed by atoms with van der Waals surface area (Å²) in [5.74, 6) is 0.566. The number of anilines is 1. The lowest BCUT2D eigenvalue weighted by Gasteiger charge is -2.20. The van der Waals surface area contributed by atoms with Crippen molar-refractivity contribution in [3.63, 3.8) is 0 Å². The van der Waals surface area contributed by atoms with Crippen LogP contribution in [0.5, 0.6) is 0 Å². The van der Waals surface area contributed by atoms with Gasteiger partial charge in [-0.25, -0.2) is 0 Å². The van der Waals surface area contributed by atoms with E-state index < -0.39 is 0 Å². The van der Waals surface area contributed by atoms with E-state index in [-0.39, 0.29) is 42.5 Å². The average Bonchev–Trinajstić information content (AvgIpc) is 2.99. The van der Waals surface area contributed by atoms with Crippen LogP contribution in [0.25, 0.3) is 0 Å². The van der Waals surface area contributed by atoms with Crippen molar-refractivity contribution in [2.24, 2.45) is 4.99 Å². The van der Waals surface area contributed by atoms with Gasteiger partial charge < -0.3 is 20.9 Å². The van der Waals surface area contributed by atoms with Crippen molar-refractivity contribution in [2.45, 2.75) is 12.5 Å². The zero-order chi connectivity index (χ0) is 15.9. The summed E-state index contributed by atoms with van der Waals surface area (Å²) in [6.45, 7) is 2.05. The highest BCUT2D eigenvalue weighted by Gasteiger charge is 2.23. The number of aliphatic imine (C=N–C) groups is 1. The van der Waals surface area contributed by atoms with E-state index in [1.54, 1.807) is 14.1 Å². The molecular weight excluding hydrogens is 429 g/mol. The quantitative estimate of drug-likeness (QED) is 0.368. The van der Waals surface area contributed by atoms with Gasteiger partial charge in [-0.1, -0.05) is 17.7 Å². The Morgan fingerprint density at radius 3 is 2.91 bits per heavy atom. The molecule has 1 amide bonds. The number of benzene rings is 1. The molecule has 3 N–H and O–H groups in total.